The van der Waals surface area contributed by atoms with E-state index in [0.29, 0.717) is 18.5 Å². The first-order chi connectivity index (χ1) is 13.8. The zero-order valence-electron chi connectivity index (χ0n) is 16.5. The number of hydrogen-bond donors (Lipinski definition) is 1. The number of carbonyl (C=O) groups is 1. The fourth-order valence-corrected chi connectivity index (χ4v) is 4.84. The van der Waals surface area contributed by atoms with E-state index in [1.165, 1.54) is 11.3 Å². The molecule has 0 spiro atoms. The van der Waals surface area contributed by atoms with Gasteiger partial charge in [0.15, 0.2) is 5.01 Å². The third-order valence-electron chi connectivity index (χ3n) is 5.54. The predicted molar refractivity (Wildman–Crippen MR) is 111 cm³/mol. The smallest absolute Gasteiger partial charge is 0.280 e. The van der Waals surface area contributed by atoms with Crippen molar-refractivity contribution in [2.75, 3.05) is 0 Å². The highest BCUT2D eigenvalue weighted by Crippen LogP contribution is 2.38. The van der Waals surface area contributed by atoms with Gasteiger partial charge in [-0.05, 0) is 44.8 Å². The fraction of sp³-hybridized carbons (Fsp3) is 0.476. The molecule has 1 aliphatic carbocycles. The second-order valence-corrected chi connectivity index (χ2v) is 8.88. The van der Waals surface area contributed by atoms with Crippen LogP contribution in [0.5, 0.6) is 0 Å². The van der Waals surface area contributed by atoms with E-state index in [9.17, 15) is 13.6 Å². The van der Waals surface area contributed by atoms with Gasteiger partial charge in [-0.15, -0.1) is 11.3 Å². The maximum absolute atomic E-state index is 14.1. The highest BCUT2D eigenvalue weighted by molar-refractivity contribution is 7.15. The topological polar surface area (TPSA) is 59.8 Å². The third-order valence-corrected chi connectivity index (χ3v) is 6.75. The summed E-state index contributed by atoms with van der Waals surface area (Å²) >= 11 is 1.19. The van der Waals surface area contributed by atoms with Crippen molar-refractivity contribution in [3.05, 3.63) is 34.4 Å². The van der Waals surface area contributed by atoms with Gasteiger partial charge in [0.25, 0.3) is 11.8 Å². The van der Waals surface area contributed by atoms with Gasteiger partial charge < -0.3 is 5.32 Å². The highest BCUT2D eigenvalue weighted by Gasteiger charge is 2.42. The first kappa shape index (κ1) is 19.9. The predicted octanol–water partition coefficient (Wildman–Crippen LogP) is 5.33. The van der Waals surface area contributed by atoms with Gasteiger partial charge in [0.1, 0.15) is 0 Å². The minimum absolute atomic E-state index is 0.173. The lowest BCUT2D eigenvalue weighted by atomic mass is 9.91. The number of amides is 1. The Morgan fingerprint density at radius 1 is 1.41 bits per heavy atom. The summed E-state index contributed by atoms with van der Waals surface area (Å²) in [5.74, 6) is -3.43. The lowest BCUT2D eigenvalue weighted by molar-refractivity contribution is -0.0609. The minimum atomic E-state index is -2.88. The number of hydrogen-bond acceptors (Lipinski definition) is 4. The molecule has 154 valence electrons. The van der Waals surface area contributed by atoms with Gasteiger partial charge in [0, 0.05) is 12.0 Å². The SMILES string of the molecule is C=C(C)c1sc(C(=O)NC2CCCCC2(F)F)nc1-c1cnn2c1C=CCC2C. The normalized spacial score (nSPS) is 22.9. The highest BCUT2D eigenvalue weighted by atomic mass is 32.1. The van der Waals surface area contributed by atoms with Crippen molar-refractivity contribution in [1.82, 2.24) is 20.1 Å². The number of nitrogens with zero attached hydrogens (tertiary/aromatic N) is 3. The van der Waals surface area contributed by atoms with Crippen molar-refractivity contribution in [3.63, 3.8) is 0 Å². The van der Waals surface area contributed by atoms with Crippen LogP contribution in [0.3, 0.4) is 0 Å². The molecule has 8 heteroatoms. The summed E-state index contributed by atoms with van der Waals surface area (Å²) in [6.45, 7) is 7.95. The van der Waals surface area contributed by atoms with E-state index < -0.39 is 17.9 Å². The third kappa shape index (κ3) is 3.66. The Balaban J connectivity index is 1.67. The largest absolute Gasteiger partial charge is 0.341 e. The molecule has 29 heavy (non-hydrogen) atoms. The van der Waals surface area contributed by atoms with Crippen LogP contribution in [0.1, 0.15) is 72.4 Å². The van der Waals surface area contributed by atoms with Crippen molar-refractivity contribution >= 4 is 28.9 Å². The molecular formula is C21H24F2N4OS. The van der Waals surface area contributed by atoms with Crippen LogP contribution >= 0.6 is 11.3 Å². The molecule has 1 aliphatic heterocycles. The van der Waals surface area contributed by atoms with Crippen molar-refractivity contribution < 1.29 is 13.6 Å². The van der Waals surface area contributed by atoms with Crippen LogP contribution in [0.2, 0.25) is 0 Å². The van der Waals surface area contributed by atoms with Gasteiger partial charge in [-0.3, -0.25) is 9.48 Å². The van der Waals surface area contributed by atoms with Crippen LogP contribution in [0, 0.1) is 0 Å². The lowest BCUT2D eigenvalue weighted by Gasteiger charge is -2.31. The number of alkyl halides is 2. The molecule has 1 saturated carbocycles. The van der Waals surface area contributed by atoms with E-state index in [0.717, 1.165) is 28.1 Å². The standard InChI is InChI=1S/C21H24F2N4OS/c1-12(2)18-17(14-11-24-27-13(3)7-6-8-15(14)27)26-20(29-18)19(28)25-16-9-4-5-10-21(16,22)23/h6,8,11,13,16H,1,4-5,7,9-10H2,2-3H3,(H,25,28). The molecule has 1 N–H and O–H groups in total. The molecule has 2 aromatic rings. The Morgan fingerprint density at radius 2 is 2.21 bits per heavy atom. The molecule has 5 nitrogen and oxygen atoms in total. The molecule has 3 heterocycles. The Labute approximate surface area is 172 Å². The van der Waals surface area contributed by atoms with Crippen LogP contribution in [0.15, 0.2) is 18.9 Å². The number of rotatable bonds is 4. The van der Waals surface area contributed by atoms with Crippen molar-refractivity contribution in [3.8, 4) is 11.3 Å². The molecule has 0 bridgehead atoms. The number of carbonyl (C=O) groups excluding carboxylic acids is 1. The van der Waals surface area contributed by atoms with Gasteiger partial charge in [-0.25, -0.2) is 13.8 Å². The zero-order valence-corrected chi connectivity index (χ0v) is 17.4. The lowest BCUT2D eigenvalue weighted by Crippen LogP contribution is -2.49. The van der Waals surface area contributed by atoms with Crippen molar-refractivity contribution in [2.24, 2.45) is 0 Å². The van der Waals surface area contributed by atoms with E-state index in [1.807, 2.05) is 17.7 Å². The first-order valence-corrected chi connectivity index (χ1v) is 10.7. The average Bonchev–Trinajstić information content (AvgIpc) is 3.28. The van der Waals surface area contributed by atoms with E-state index in [4.69, 9.17) is 0 Å². The molecule has 4 rings (SSSR count). The molecule has 1 amide bonds. The molecule has 0 aromatic carbocycles. The number of allylic oxidation sites excluding steroid dienone is 2. The van der Waals surface area contributed by atoms with Crippen molar-refractivity contribution in [2.45, 2.75) is 64.0 Å². The van der Waals surface area contributed by atoms with Crippen molar-refractivity contribution in [1.29, 1.82) is 0 Å². The Bertz CT molecular complexity index is 991. The molecule has 2 unspecified atom stereocenters. The van der Waals surface area contributed by atoms with E-state index in [-0.39, 0.29) is 23.9 Å². The first-order valence-electron chi connectivity index (χ1n) is 9.87. The summed E-state index contributed by atoms with van der Waals surface area (Å²) in [4.78, 5) is 18.0. The van der Waals surface area contributed by atoms with Gasteiger partial charge in [-0.1, -0.05) is 19.1 Å². The van der Waals surface area contributed by atoms with E-state index >= 15 is 0 Å². The summed E-state index contributed by atoms with van der Waals surface area (Å²) in [5, 5.41) is 7.17. The number of halogens is 2. The summed E-state index contributed by atoms with van der Waals surface area (Å²) in [7, 11) is 0. The monoisotopic (exact) mass is 418 g/mol. The Hall–Kier alpha value is -2.35. The molecule has 1 fully saturated rings. The number of aromatic nitrogens is 3. The quantitative estimate of drug-likeness (QED) is 0.730. The Kier molecular flexibility index (Phi) is 5.14. The summed E-state index contributed by atoms with van der Waals surface area (Å²) in [6, 6.07) is -0.899. The van der Waals surface area contributed by atoms with Gasteiger partial charge in [0.2, 0.25) is 0 Å². The number of nitrogens with one attached hydrogen (secondary N) is 1. The van der Waals surface area contributed by atoms with Crippen LogP contribution in [0.25, 0.3) is 22.9 Å². The number of thiazole rings is 1. The number of fused-ring (bicyclic) bond motifs is 1. The van der Waals surface area contributed by atoms with Crippen LogP contribution in [-0.2, 0) is 0 Å². The van der Waals surface area contributed by atoms with Crippen LogP contribution in [0.4, 0.5) is 8.78 Å². The second kappa shape index (κ2) is 7.48. The molecule has 0 saturated heterocycles. The minimum Gasteiger partial charge on any atom is -0.341 e. The zero-order chi connectivity index (χ0) is 20.8. The van der Waals surface area contributed by atoms with Gasteiger partial charge in [0.05, 0.1) is 34.5 Å². The Morgan fingerprint density at radius 3 is 2.93 bits per heavy atom. The molecule has 2 atom stereocenters. The molecule has 0 radical (unpaired) electrons. The molecule has 2 aromatic heterocycles. The van der Waals surface area contributed by atoms with Crippen LogP contribution in [-0.4, -0.2) is 32.6 Å². The van der Waals surface area contributed by atoms with Gasteiger partial charge >= 0.3 is 0 Å². The van der Waals surface area contributed by atoms with Crippen LogP contribution < -0.4 is 5.32 Å². The summed E-state index contributed by atoms with van der Waals surface area (Å²) in [5.41, 5.74) is 3.15. The average molecular weight is 419 g/mol. The summed E-state index contributed by atoms with van der Waals surface area (Å²) in [6.07, 6.45) is 8.02. The van der Waals surface area contributed by atoms with E-state index in [2.05, 4.69) is 35.0 Å². The fourth-order valence-electron chi connectivity index (χ4n) is 3.93. The molecular weight excluding hydrogens is 394 g/mol. The molecule has 2 aliphatic rings. The maximum atomic E-state index is 14.1. The van der Waals surface area contributed by atoms with Gasteiger partial charge in [-0.2, -0.15) is 5.10 Å². The summed E-state index contributed by atoms with van der Waals surface area (Å²) < 4.78 is 30.2. The second-order valence-electron chi connectivity index (χ2n) is 7.89. The maximum Gasteiger partial charge on any atom is 0.280 e. The van der Waals surface area contributed by atoms with E-state index in [1.54, 1.807) is 6.20 Å².